The maximum atomic E-state index is 11.9. The lowest BCUT2D eigenvalue weighted by Gasteiger charge is -2.27. The molecule has 0 aromatic heterocycles. The summed E-state index contributed by atoms with van der Waals surface area (Å²) in [7, 11) is 0. The van der Waals surface area contributed by atoms with Crippen molar-refractivity contribution in [2.75, 3.05) is 26.2 Å². The minimum Gasteiger partial charge on any atom is -0.369 e. The molecule has 0 bridgehead atoms. The fraction of sp³-hybridized carbons (Fsp3) is 0.500. The molecule has 5 heteroatoms. The summed E-state index contributed by atoms with van der Waals surface area (Å²) in [4.78, 5) is 24.3. The topological polar surface area (TPSA) is 76.6 Å². The molecule has 114 valence electrons. The van der Waals surface area contributed by atoms with Crippen LogP contribution in [0.2, 0.25) is 0 Å². The first-order chi connectivity index (χ1) is 10.1. The number of quaternary nitrogens is 1. The number of rotatable bonds is 6. The van der Waals surface area contributed by atoms with Gasteiger partial charge < -0.3 is 16.0 Å². The summed E-state index contributed by atoms with van der Waals surface area (Å²) in [5, 5.41) is 2.95. The van der Waals surface area contributed by atoms with Crippen LogP contribution in [0.5, 0.6) is 0 Å². The molecule has 2 amide bonds. The summed E-state index contributed by atoms with van der Waals surface area (Å²) in [6.45, 7) is 2.70. The normalized spacial score (nSPS) is 21.7. The van der Waals surface area contributed by atoms with Gasteiger partial charge in [0.15, 0.2) is 6.54 Å². The van der Waals surface area contributed by atoms with Crippen molar-refractivity contribution in [1.29, 1.82) is 0 Å². The van der Waals surface area contributed by atoms with Crippen LogP contribution in [0.3, 0.4) is 0 Å². The van der Waals surface area contributed by atoms with Crippen molar-refractivity contribution in [2.45, 2.75) is 19.3 Å². The van der Waals surface area contributed by atoms with E-state index in [4.69, 9.17) is 5.73 Å². The van der Waals surface area contributed by atoms with Crippen molar-refractivity contribution in [1.82, 2.24) is 5.32 Å². The van der Waals surface area contributed by atoms with Gasteiger partial charge in [-0.05, 0) is 24.8 Å². The van der Waals surface area contributed by atoms with Gasteiger partial charge in [0.2, 0.25) is 5.91 Å². The minimum atomic E-state index is -0.239. The third-order valence-corrected chi connectivity index (χ3v) is 4.01. The molecule has 1 aromatic rings. The number of amides is 2. The van der Waals surface area contributed by atoms with E-state index in [0.29, 0.717) is 19.6 Å². The Morgan fingerprint density at radius 2 is 2.05 bits per heavy atom. The molecule has 0 saturated carbocycles. The lowest BCUT2D eigenvalue weighted by Crippen LogP contribution is -3.15. The number of benzene rings is 1. The van der Waals surface area contributed by atoms with Crippen molar-refractivity contribution in [3.63, 3.8) is 0 Å². The Morgan fingerprint density at radius 3 is 2.76 bits per heavy atom. The van der Waals surface area contributed by atoms with Crippen molar-refractivity contribution in [2.24, 2.45) is 11.7 Å². The average Bonchev–Trinajstić information content (AvgIpc) is 2.48. The van der Waals surface area contributed by atoms with E-state index in [1.807, 2.05) is 18.2 Å². The summed E-state index contributed by atoms with van der Waals surface area (Å²) in [6.07, 6.45) is 2.65. The molecule has 0 spiro atoms. The van der Waals surface area contributed by atoms with Crippen molar-refractivity contribution >= 4 is 11.8 Å². The van der Waals surface area contributed by atoms with Crippen LogP contribution in [0.25, 0.3) is 0 Å². The second-order valence-electron chi connectivity index (χ2n) is 5.71. The van der Waals surface area contributed by atoms with Gasteiger partial charge >= 0.3 is 0 Å². The Morgan fingerprint density at radius 1 is 1.29 bits per heavy atom. The van der Waals surface area contributed by atoms with Gasteiger partial charge in [0, 0.05) is 6.54 Å². The maximum Gasteiger partial charge on any atom is 0.275 e. The van der Waals surface area contributed by atoms with Gasteiger partial charge in [-0.15, -0.1) is 0 Å². The molecular formula is C16H24N3O2+. The number of hydrogen-bond donors (Lipinski definition) is 3. The van der Waals surface area contributed by atoms with Crippen LogP contribution in [-0.4, -0.2) is 38.0 Å². The highest BCUT2D eigenvalue weighted by Gasteiger charge is 2.28. The number of nitrogens with two attached hydrogens (primary N) is 1. The summed E-state index contributed by atoms with van der Waals surface area (Å²) in [5.74, 6) is -0.270. The zero-order valence-electron chi connectivity index (χ0n) is 12.3. The monoisotopic (exact) mass is 290 g/mol. The number of likely N-dealkylation sites (tertiary alicyclic amines) is 1. The fourth-order valence-corrected chi connectivity index (χ4v) is 2.83. The summed E-state index contributed by atoms with van der Waals surface area (Å²) < 4.78 is 0. The summed E-state index contributed by atoms with van der Waals surface area (Å²) >= 11 is 0. The lowest BCUT2D eigenvalue weighted by molar-refractivity contribution is -0.899. The number of nitrogens with one attached hydrogen (secondary N) is 2. The first-order valence-electron chi connectivity index (χ1n) is 7.58. The van der Waals surface area contributed by atoms with Gasteiger partial charge in [0.1, 0.15) is 0 Å². The van der Waals surface area contributed by atoms with Crippen LogP contribution >= 0.6 is 0 Å². The Balaban J connectivity index is 1.68. The third-order valence-electron chi connectivity index (χ3n) is 4.01. The third kappa shape index (κ3) is 5.19. The van der Waals surface area contributed by atoms with Gasteiger partial charge in [0.05, 0.1) is 19.0 Å². The van der Waals surface area contributed by atoms with Crippen LogP contribution in [0, 0.1) is 5.92 Å². The predicted octanol–water partition coefficient (Wildman–Crippen LogP) is -0.874. The smallest absolute Gasteiger partial charge is 0.275 e. The quantitative estimate of drug-likeness (QED) is 0.637. The highest BCUT2D eigenvalue weighted by atomic mass is 16.2. The summed E-state index contributed by atoms with van der Waals surface area (Å²) in [6, 6.07) is 10.1. The highest BCUT2D eigenvalue weighted by Crippen LogP contribution is 2.05. The number of primary amides is 1. The van der Waals surface area contributed by atoms with E-state index in [2.05, 4.69) is 17.4 Å². The molecule has 0 aliphatic carbocycles. The maximum absolute atomic E-state index is 11.9. The molecule has 4 N–H and O–H groups in total. The van der Waals surface area contributed by atoms with Crippen LogP contribution in [0.15, 0.2) is 30.3 Å². The van der Waals surface area contributed by atoms with E-state index in [1.54, 1.807) is 0 Å². The Bertz CT molecular complexity index is 476. The molecule has 1 aromatic carbocycles. The number of piperidine rings is 1. The molecular weight excluding hydrogens is 266 g/mol. The average molecular weight is 290 g/mol. The van der Waals surface area contributed by atoms with Crippen LogP contribution in [0.1, 0.15) is 18.4 Å². The van der Waals surface area contributed by atoms with Crippen LogP contribution in [0.4, 0.5) is 0 Å². The number of carbonyl (C=O) groups is 2. The second-order valence-corrected chi connectivity index (χ2v) is 5.71. The number of carbonyl (C=O) groups excluding carboxylic acids is 2. The van der Waals surface area contributed by atoms with Crippen LogP contribution < -0.4 is 16.0 Å². The zero-order valence-corrected chi connectivity index (χ0v) is 12.3. The lowest BCUT2D eigenvalue weighted by atomic mass is 9.97. The van der Waals surface area contributed by atoms with E-state index in [9.17, 15) is 9.59 Å². The van der Waals surface area contributed by atoms with Crippen molar-refractivity contribution in [3.8, 4) is 0 Å². The molecule has 1 saturated heterocycles. The Hall–Kier alpha value is -1.88. The van der Waals surface area contributed by atoms with Crippen LogP contribution in [-0.2, 0) is 16.0 Å². The molecule has 1 fully saturated rings. The molecule has 21 heavy (non-hydrogen) atoms. The van der Waals surface area contributed by atoms with E-state index in [1.165, 1.54) is 5.56 Å². The molecule has 2 rings (SSSR count). The summed E-state index contributed by atoms with van der Waals surface area (Å²) in [5.41, 5.74) is 6.57. The molecule has 1 heterocycles. The molecule has 1 aliphatic heterocycles. The zero-order chi connectivity index (χ0) is 15.1. The van der Waals surface area contributed by atoms with E-state index < -0.39 is 0 Å². The Kier molecular flexibility index (Phi) is 5.75. The van der Waals surface area contributed by atoms with Crippen molar-refractivity contribution in [3.05, 3.63) is 35.9 Å². The molecule has 1 unspecified atom stereocenters. The van der Waals surface area contributed by atoms with E-state index in [-0.39, 0.29) is 17.7 Å². The first-order valence-corrected chi connectivity index (χ1v) is 7.58. The standard InChI is InChI=1S/C16H23N3O2/c17-16(21)14-7-4-10-19(11-14)12-15(20)18-9-8-13-5-2-1-3-6-13/h1-3,5-6,14H,4,7-12H2,(H2,17,21)(H,18,20)/p+1/t14-/m1/s1. The molecule has 2 atom stereocenters. The van der Waals surface area contributed by atoms with Gasteiger partial charge in [0.25, 0.3) is 5.91 Å². The fourth-order valence-electron chi connectivity index (χ4n) is 2.83. The molecule has 0 radical (unpaired) electrons. The van der Waals surface area contributed by atoms with Gasteiger partial charge in [-0.2, -0.15) is 0 Å². The van der Waals surface area contributed by atoms with E-state index >= 15 is 0 Å². The minimum absolute atomic E-state index is 0.0473. The Labute approximate surface area is 125 Å². The molecule has 5 nitrogen and oxygen atoms in total. The van der Waals surface area contributed by atoms with Gasteiger partial charge in [-0.1, -0.05) is 30.3 Å². The van der Waals surface area contributed by atoms with Gasteiger partial charge in [-0.3, -0.25) is 9.59 Å². The van der Waals surface area contributed by atoms with Crippen molar-refractivity contribution < 1.29 is 14.5 Å². The second kappa shape index (κ2) is 7.78. The predicted molar refractivity (Wildman–Crippen MR) is 80.6 cm³/mol. The SMILES string of the molecule is NC(=O)[C@@H]1CCC[NH+](CC(=O)NCCc2ccccc2)C1. The highest BCUT2D eigenvalue weighted by molar-refractivity contribution is 5.77. The largest absolute Gasteiger partial charge is 0.369 e. The van der Waals surface area contributed by atoms with Gasteiger partial charge in [-0.25, -0.2) is 0 Å². The first kappa shape index (κ1) is 15.5. The number of hydrogen-bond acceptors (Lipinski definition) is 2. The van der Waals surface area contributed by atoms with E-state index in [0.717, 1.165) is 30.7 Å². The molecule has 1 aliphatic rings.